The Hall–Kier alpha value is -3.15. The first kappa shape index (κ1) is 41.6. The molecule has 2 aliphatic carbocycles. The molecule has 274 valence electrons. The number of fused-ring (bicyclic) bond motifs is 3. The molecule has 0 unspecified atom stereocenters. The maximum Gasteiger partial charge on any atom is -0.172 e. The number of hydrogen-bond donors (Lipinski definition) is 0. The summed E-state index contributed by atoms with van der Waals surface area (Å²) in [4.78, 5) is 0. The first-order valence-electron chi connectivity index (χ1n) is 19.4. The molecule has 0 atom stereocenters. The van der Waals surface area contributed by atoms with Gasteiger partial charge in [-0.2, -0.15) is 30.0 Å². The van der Waals surface area contributed by atoms with Crippen molar-refractivity contribution in [3.63, 3.8) is 0 Å². The second-order valence-corrected chi connectivity index (χ2v) is 16.6. The zero-order valence-corrected chi connectivity index (χ0v) is 35.4. The van der Waals surface area contributed by atoms with Crippen molar-refractivity contribution in [2.24, 2.45) is 11.8 Å². The van der Waals surface area contributed by atoms with E-state index in [1.165, 1.54) is 131 Å². The van der Waals surface area contributed by atoms with Gasteiger partial charge < -0.3 is 13.8 Å². The van der Waals surface area contributed by atoms with Crippen molar-refractivity contribution in [2.75, 3.05) is 0 Å². The van der Waals surface area contributed by atoms with Crippen LogP contribution in [0.15, 0.2) is 121 Å². The molecule has 0 nitrogen and oxygen atoms in total. The Kier molecular flexibility index (Phi) is 15.8. The van der Waals surface area contributed by atoms with E-state index in [4.69, 9.17) is 0 Å². The summed E-state index contributed by atoms with van der Waals surface area (Å²) in [6.45, 7) is 21.8. The molecule has 0 spiro atoms. The second-order valence-electron chi connectivity index (χ2n) is 16.6. The molecular weight excluding hydrogens is 704 g/mol. The molecule has 6 aromatic rings. The van der Waals surface area contributed by atoms with Crippen LogP contribution in [-0.2, 0) is 35.1 Å². The van der Waals surface area contributed by atoms with Gasteiger partial charge in [0.1, 0.15) is 0 Å². The van der Waals surface area contributed by atoms with Crippen molar-refractivity contribution in [3.05, 3.63) is 146 Å². The average molecular weight is 766 g/mol. The van der Waals surface area contributed by atoms with Crippen LogP contribution in [-0.4, -0.2) is 4.21 Å². The predicted octanol–water partition coefficient (Wildman–Crippen LogP) is 15.0. The Morgan fingerprint density at radius 1 is 0.538 bits per heavy atom. The Balaban J connectivity index is 0.000000257. The van der Waals surface area contributed by atoms with Gasteiger partial charge in [0.25, 0.3) is 0 Å². The summed E-state index contributed by atoms with van der Waals surface area (Å²) in [6.07, 6.45) is 11.2. The van der Waals surface area contributed by atoms with Crippen molar-refractivity contribution < 1.29 is 24.2 Å². The third-order valence-electron chi connectivity index (χ3n) is 10.3. The Labute approximate surface area is 332 Å². The van der Waals surface area contributed by atoms with Crippen molar-refractivity contribution >= 4 is 25.8 Å². The van der Waals surface area contributed by atoms with Crippen LogP contribution in [0.2, 0.25) is 0 Å². The summed E-state index contributed by atoms with van der Waals surface area (Å²) in [7, 11) is 0. The van der Waals surface area contributed by atoms with Crippen molar-refractivity contribution in [3.8, 4) is 22.3 Å². The number of benzene rings is 4. The third kappa shape index (κ3) is 11.7. The van der Waals surface area contributed by atoms with E-state index in [1.807, 2.05) is 30.3 Å². The van der Waals surface area contributed by atoms with E-state index < -0.39 is 0 Å². The van der Waals surface area contributed by atoms with Crippen LogP contribution in [0.25, 0.3) is 43.8 Å². The van der Waals surface area contributed by atoms with Gasteiger partial charge in [0.2, 0.25) is 0 Å². The molecular formula is C51H62Zr-4. The van der Waals surface area contributed by atoms with E-state index in [2.05, 4.69) is 151 Å². The predicted molar refractivity (Wildman–Crippen MR) is 229 cm³/mol. The quantitative estimate of drug-likeness (QED) is 0.154. The van der Waals surface area contributed by atoms with Crippen LogP contribution >= 0.6 is 0 Å². The third-order valence-corrected chi connectivity index (χ3v) is 10.3. The molecule has 2 aliphatic rings. The zero-order chi connectivity index (χ0) is 37.7. The molecule has 52 heavy (non-hydrogen) atoms. The first-order valence-corrected chi connectivity index (χ1v) is 21.2. The molecule has 2 fully saturated rings. The summed E-state index contributed by atoms with van der Waals surface area (Å²) in [5.74, 6) is 1.59. The van der Waals surface area contributed by atoms with Crippen LogP contribution in [0.1, 0.15) is 104 Å². The minimum atomic E-state index is 0.0554. The van der Waals surface area contributed by atoms with Gasteiger partial charge in [0, 0.05) is 0 Å². The summed E-state index contributed by atoms with van der Waals surface area (Å²) in [6, 6.07) is 43.7. The van der Waals surface area contributed by atoms with Gasteiger partial charge in [-0.15, -0.1) is 39.7 Å². The monoisotopic (exact) mass is 764 g/mol. The molecule has 0 N–H and O–H groups in total. The molecule has 0 amide bonds. The minimum Gasteiger partial charge on any atom is -0.214 e. The van der Waals surface area contributed by atoms with Gasteiger partial charge in [-0.05, 0) is 44.2 Å². The van der Waals surface area contributed by atoms with Crippen molar-refractivity contribution in [1.29, 1.82) is 0 Å². The zero-order valence-electron chi connectivity index (χ0n) is 33.0. The molecule has 6 aromatic carbocycles. The SMILES string of the molecule is CC(C)(C)c1cc2c(cc1-c1ccccc1)[cH-]c1cc(-c3ccccc3)c(C(C)(C)C)cc12.[CH2-]C1CCCC1.[CH2-]C1CCCC1.[CH2]=[Zr].c1cc[cH-]c1. The Morgan fingerprint density at radius 2 is 0.885 bits per heavy atom. The fourth-order valence-corrected chi connectivity index (χ4v) is 7.40. The van der Waals surface area contributed by atoms with Crippen LogP contribution in [0.3, 0.4) is 0 Å². The van der Waals surface area contributed by atoms with E-state index in [-0.39, 0.29) is 10.8 Å². The maximum atomic E-state index is 3.94. The van der Waals surface area contributed by atoms with Gasteiger partial charge in [-0.1, -0.05) is 166 Å². The minimum absolute atomic E-state index is 0.0554. The standard InChI is InChI=1S/C33H33.2C6H11.C5H5.CH2.Zr/c1-32(2,3)30-20-26-24(18-28(30)22-13-9-7-10-14-22)17-25-19-29(23-15-11-8-12-16-23)31(21-27(25)26)33(4,5)6;2*1-6-4-2-3-5-6;1-2-4-5-3-1;;/h7-21H,1-6H3;2*6H,1-5H2;1-5H;1H2;/q4*-1;;. The van der Waals surface area contributed by atoms with E-state index in [0.717, 1.165) is 11.8 Å². The van der Waals surface area contributed by atoms with Gasteiger partial charge in [0.15, 0.2) is 0 Å². The van der Waals surface area contributed by atoms with Crippen LogP contribution in [0, 0.1) is 25.7 Å². The molecule has 0 saturated heterocycles. The molecule has 8 rings (SSSR count). The van der Waals surface area contributed by atoms with Gasteiger partial charge >= 0.3 is 28.4 Å². The molecule has 1 heteroatoms. The molecule has 0 radical (unpaired) electrons. The van der Waals surface area contributed by atoms with Crippen LogP contribution in [0.4, 0.5) is 0 Å². The largest absolute Gasteiger partial charge is 0.214 e. The topological polar surface area (TPSA) is 0 Å². The van der Waals surface area contributed by atoms with Crippen LogP contribution < -0.4 is 0 Å². The van der Waals surface area contributed by atoms with E-state index in [1.54, 1.807) is 0 Å². The number of rotatable bonds is 2. The first-order chi connectivity index (χ1) is 24.9. The van der Waals surface area contributed by atoms with E-state index in [9.17, 15) is 0 Å². The van der Waals surface area contributed by atoms with Gasteiger partial charge in [0.05, 0.1) is 0 Å². The molecule has 0 heterocycles. The molecule has 0 aromatic heterocycles. The summed E-state index contributed by atoms with van der Waals surface area (Å²) in [5.41, 5.74) is 8.16. The van der Waals surface area contributed by atoms with E-state index >= 15 is 0 Å². The average Bonchev–Trinajstić information content (AvgIpc) is 3.99. The summed E-state index contributed by atoms with van der Waals surface area (Å²) < 4.78 is 3.34. The Morgan fingerprint density at radius 3 is 1.13 bits per heavy atom. The normalized spacial score (nSPS) is 14.7. The molecule has 0 aliphatic heterocycles. The molecule has 0 bridgehead atoms. The fourth-order valence-electron chi connectivity index (χ4n) is 7.40. The van der Waals surface area contributed by atoms with Crippen LogP contribution in [0.5, 0.6) is 0 Å². The smallest absolute Gasteiger partial charge is 0.172 e. The van der Waals surface area contributed by atoms with E-state index in [0.29, 0.717) is 0 Å². The van der Waals surface area contributed by atoms with Gasteiger partial charge in [-0.25, -0.2) is 12.1 Å². The summed E-state index contributed by atoms with van der Waals surface area (Å²) >= 11 is 1.30. The molecule has 2 saturated carbocycles. The Bertz CT molecular complexity index is 1740. The second kappa shape index (κ2) is 19.8. The summed E-state index contributed by atoms with van der Waals surface area (Å²) in [5, 5.41) is 5.36. The van der Waals surface area contributed by atoms with Crippen molar-refractivity contribution in [2.45, 2.75) is 104 Å². The number of hydrogen-bond acceptors (Lipinski definition) is 0. The van der Waals surface area contributed by atoms with Gasteiger partial charge in [-0.3, -0.25) is 0 Å². The van der Waals surface area contributed by atoms with Crippen molar-refractivity contribution in [1.82, 2.24) is 0 Å². The fraction of sp³-hybridized carbons (Fsp3) is 0.353. The maximum absolute atomic E-state index is 3.94.